The number of nitrogens with zero attached hydrogens (tertiary/aromatic N) is 2. The number of halogens is 2. The van der Waals surface area contributed by atoms with Gasteiger partial charge < -0.3 is 15.4 Å². The molecule has 0 unspecified atom stereocenters. The smallest absolute Gasteiger partial charge is 0.231 e. The third kappa shape index (κ3) is 5.39. The van der Waals surface area contributed by atoms with Crippen LogP contribution in [0.25, 0.3) is 4.85 Å². The zero-order valence-corrected chi connectivity index (χ0v) is 20.9. The maximum Gasteiger partial charge on any atom is 0.231 e. The summed E-state index contributed by atoms with van der Waals surface area (Å²) >= 11 is 3.40. The number of rotatable bonds is 6. The van der Waals surface area contributed by atoms with Crippen LogP contribution in [-0.2, 0) is 14.8 Å². The van der Waals surface area contributed by atoms with Gasteiger partial charge in [0.25, 0.3) is 0 Å². The molecule has 0 radical (unpaired) electrons. The molecular formula is C24H20BrFN4O4S. The molecule has 1 heterocycles. The molecule has 3 aromatic carbocycles. The van der Waals surface area contributed by atoms with Gasteiger partial charge in [0.15, 0.2) is 11.6 Å². The van der Waals surface area contributed by atoms with Crippen molar-refractivity contribution in [2.45, 2.75) is 12.3 Å². The molecule has 11 heteroatoms. The lowest BCUT2D eigenvalue weighted by Crippen LogP contribution is -2.24. The summed E-state index contributed by atoms with van der Waals surface area (Å²) in [6.07, 6.45) is 1.26. The van der Waals surface area contributed by atoms with Gasteiger partial charge in [0, 0.05) is 24.6 Å². The summed E-state index contributed by atoms with van der Waals surface area (Å²) in [5.74, 6) is -0.780. The number of para-hydroxylation sites is 1. The first kappa shape index (κ1) is 24.5. The molecular weight excluding hydrogens is 539 g/mol. The van der Waals surface area contributed by atoms with Crippen LogP contribution in [0, 0.1) is 12.4 Å². The SMILES string of the molecule is [C-]#[N+]c1cccc(F)c1Oc1cc([C@H]2CC(=O)N(c3ccc(NS(C)(=O)=O)c(N)c3)C2)ccc1Br. The monoisotopic (exact) mass is 558 g/mol. The molecule has 1 amide bonds. The minimum absolute atomic E-state index is 0.0518. The molecule has 0 saturated carbocycles. The van der Waals surface area contributed by atoms with Crippen molar-refractivity contribution in [2.24, 2.45) is 0 Å². The number of nitrogens with two attached hydrogens (primary N) is 1. The zero-order chi connectivity index (χ0) is 25.3. The molecule has 1 fully saturated rings. The number of nitrogens with one attached hydrogen (secondary N) is 1. The van der Waals surface area contributed by atoms with Gasteiger partial charge in [-0.15, -0.1) is 0 Å². The summed E-state index contributed by atoms with van der Waals surface area (Å²) in [6, 6.07) is 14.1. The number of amides is 1. The molecule has 180 valence electrons. The molecule has 0 bridgehead atoms. The molecule has 0 aliphatic carbocycles. The maximum atomic E-state index is 14.3. The number of carbonyl (C=O) groups is 1. The Labute approximate surface area is 210 Å². The zero-order valence-electron chi connectivity index (χ0n) is 18.5. The number of carbonyl (C=O) groups excluding carboxylic acids is 1. The van der Waals surface area contributed by atoms with Crippen molar-refractivity contribution >= 4 is 54.6 Å². The highest BCUT2D eigenvalue weighted by Gasteiger charge is 2.32. The Kier molecular flexibility index (Phi) is 6.69. The van der Waals surface area contributed by atoms with Crippen molar-refractivity contribution in [3.8, 4) is 11.5 Å². The standard InChI is InChI=1S/C24H20BrFN4O4S/c1-28-21-5-3-4-18(26)24(21)34-22-10-14(6-8-17(22)25)15-11-23(31)30(13-15)16-7-9-20(19(27)12-16)29-35(2,32)33/h3-10,12,15,29H,11,13,27H2,2H3/t15-/m0/s1. The quantitative estimate of drug-likeness (QED) is 0.311. The Bertz CT molecular complexity index is 1470. The minimum Gasteiger partial charge on any atom is -0.464 e. The second-order valence-electron chi connectivity index (χ2n) is 8.04. The van der Waals surface area contributed by atoms with Gasteiger partial charge in [-0.25, -0.2) is 17.7 Å². The summed E-state index contributed by atoms with van der Waals surface area (Å²) in [5, 5.41) is 0. The first-order valence-corrected chi connectivity index (χ1v) is 13.0. The minimum atomic E-state index is -3.49. The third-order valence-electron chi connectivity index (χ3n) is 5.47. The van der Waals surface area contributed by atoms with Gasteiger partial charge in [0.1, 0.15) is 5.75 Å². The Morgan fingerprint density at radius 2 is 2.00 bits per heavy atom. The van der Waals surface area contributed by atoms with Gasteiger partial charge in [0.2, 0.25) is 21.6 Å². The van der Waals surface area contributed by atoms with Gasteiger partial charge >= 0.3 is 0 Å². The Morgan fingerprint density at radius 3 is 2.69 bits per heavy atom. The van der Waals surface area contributed by atoms with Gasteiger partial charge in [-0.3, -0.25) is 9.52 Å². The van der Waals surface area contributed by atoms with Crippen molar-refractivity contribution in [1.82, 2.24) is 0 Å². The molecule has 0 aromatic heterocycles. The number of ether oxygens (including phenoxy) is 1. The fourth-order valence-electron chi connectivity index (χ4n) is 3.84. The molecule has 35 heavy (non-hydrogen) atoms. The van der Waals surface area contributed by atoms with E-state index >= 15 is 0 Å². The van der Waals surface area contributed by atoms with Gasteiger partial charge in [-0.2, -0.15) is 0 Å². The van der Waals surface area contributed by atoms with E-state index in [2.05, 4.69) is 25.5 Å². The summed E-state index contributed by atoms with van der Waals surface area (Å²) in [7, 11) is -3.49. The molecule has 3 N–H and O–H groups in total. The lowest BCUT2D eigenvalue weighted by atomic mass is 9.98. The Hall–Kier alpha value is -3.62. The van der Waals surface area contributed by atoms with Crippen LogP contribution in [-0.4, -0.2) is 27.1 Å². The van der Waals surface area contributed by atoms with Gasteiger partial charge in [0.05, 0.1) is 28.7 Å². The van der Waals surface area contributed by atoms with Crippen LogP contribution in [0.1, 0.15) is 17.9 Å². The number of anilines is 3. The third-order valence-corrected chi connectivity index (χ3v) is 6.72. The molecule has 1 aliphatic heterocycles. The predicted octanol–water partition coefficient (Wildman–Crippen LogP) is 5.41. The van der Waals surface area contributed by atoms with Crippen LogP contribution in [0.5, 0.6) is 11.5 Å². The van der Waals surface area contributed by atoms with E-state index in [4.69, 9.17) is 17.0 Å². The second kappa shape index (κ2) is 9.56. The average Bonchev–Trinajstić information content (AvgIpc) is 3.18. The van der Waals surface area contributed by atoms with Crippen molar-refractivity contribution in [3.05, 3.63) is 81.9 Å². The molecule has 3 aromatic rings. The van der Waals surface area contributed by atoms with E-state index in [0.29, 0.717) is 22.5 Å². The fraction of sp³-hybridized carbons (Fsp3) is 0.167. The van der Waals surface area contributed by atoms with E-state index in [1.54, 1.807) is 29.2 Å². The highest BCUT2D eigenvalue weighted by Crippen LogP contribution is 2.40. The normalized spacial score (nSPS) is 15.7. The number of hydrogen-bond acceptors (Lipinski definition) is 5. The van der Waals surface area contributed by atoms with Gasteiger partial charge in [-0.1, -0.05) is 18.2 Å². The average molecular weight is 559 g/mol. The van der Waals surface area contributed by atoms with E-state index < -0.39 is 15.8 Å². The Morgan fingerprint density at radius 1 is 1.23 bits per heavy atom. The summed E-state index contributed by atoms with van der Waals surface area (Å²) in [4.78, 5) is 17.7. The van der Waals surface area contributed by atoms with E-state index in [-0.39, 0.29) is 41.1 Å². The van der Waals surface area contributed by atoms with Crippen LogP contribution >= 0.6 is 15.9 Å². The largest absolute Gasteiger partial charge is 0.464 e. The molecule has 1 aliphatic rings. The summed E-state index contributed by atoms with van der Waals surface area (Å²) in [5.41, 5.74) is 7.84. The predicted molar refractivity (Wildman–Crippen MR) is 136 cm³/mol. The Balaban J connectivity index is 1.58. The van der Waals surface area contributed by atoms with Crippen molar-refractivity contribution in [3.63, 3.8) is 0 Å². The van der Waals surface area contributed by atoms with Gasteiger partial charge in [-0.05, 0) is 57.9 Å². The number of sulfonamides is 1. The molecule has 1 atom stereocenters. The van der Waals surface area contributed by atoms with E-state index in [1.807, 2.05) is 6.07 Å². The molecule has 8 nitrogen and oxygen atoms in total. The van der Waals surface area contributed by atoms with E-state index in [9.17, 15) is 17.6 Å². The first-order chi connectivity index (χ1) is 16.6. The van der Waals surface area contributed by atoms with E-state index in [1.165, 1.54) is 24.3 Å². The number of nitrogen functional groups attached to an aromatic ring is 1. The van der Waals surface area contributed by atoms with Crippen LogP contribution in [0.4, 0.5) is 27.1 Å². The maximum absolute atomic E-state index is 14.3. The first-order valence-electron chi connectivity index (χ1n) is 10.4. The summed E-state index contributed by atoms with van der Waals surface area (Å²) in [6.45, 7) is 7.62. The van der Waals surface area contributed by atoms with Crippen molar-refractivity contribution in [2.75, 3.05) is 28.2 Å². The van der Waals surface area contributed by atoms with Crippen molar-refractivity contribution < 1.29 is 22.3 Å². The van der Waals surface area contributed by atoms with Crippen LogP contribution < -0.4 is 20.1 Å². The highest BCUT2D eigenvalue weighted by atomic mass is 79.9. The number of benzene rings is 3. The topological polar surface area (TPSA) is 106 Å². The van der Waals surface area contributed by atoms with Crippen LogP contribution in [0.15, 0.2) is 59.1 Å². The fourth-order valence-corrected chi connectivity index (χ4v) is 4.75. The van der Waals surface area contributed by atoms with E-state index in [0.717, 1.165) is 11.8 Å². The summed E-state index contributed by atoms with van der Waals surface area (Å²) < 4.78 is 46.0. The lowest BCUT2D eigenvalue weighted by Gasteiger charge is -2.19. The highest BCUT2D eigenvalue weighted by molar-refractivity contribution is 9.10. The lowest BCUT2D eigenvalue weighted by molar-refractivity contribution is -0.117. The molecule has 4 rings (SSSR count). The van der Waals surface area contributed by atoms with Crippen LogP contribution in [0.2, 0.25) is 0 Å². The second-order valence-corrected chi connectivity index (χ2v) is 10.6. The molecule has 0 spiro atoms. The number of hydrogen-bond donors (Lipinski definition) is 2. The van der Waals surface area contributed by atoms with Crippen LogP contribution in [0.3, 0.4) is 0 Å². The molecule has 1 saturated heterocycles. The van der Waals surface area contributed by atoms with Crippen molar-refractivity contribution in [1.29, 1.82) is 0 Å².